The lowest BCUT2D eigenvalue weighted by atomic mass is 10.2. The van der Waals surface area contributed by atoms with Crippen molar-refractivity contribution in [2.75, 3.05) is 6.54 Å². The fourth-order valence-electron chi connectivity index (χ4n) is 2.50. The number of hydrogen-bond donors (Lipinski definition) is 0. The summed E-state index contributed by atoms with van der Waals surface area (Å²) in [6.07, 6.45) is 2.75. The van der Waals surface area contributed by atoms with Gasteiger partial charge in [0.25, 0.3) is 0 Å². The van der Waals surface area contributed by atoms with Crippen molar-refractivity contribution in [3.63, 3.8) is 0 Å². The predicted molar refractivity (Wildman–Crippen MR) is 80.9 cm³/mol. The van der Waals surface area contributed by atoms with E-state index in [2.05, 4.69) is 15.9 Å². The van der Waals surface area contributed by atoms with Gasteiger partial charge >= 0.3 is 0 Å². The zero-order valence-corrected chi connectivity index (χ0v) is 13.9. The van der Waals surface area contributed by atoms with E-state index in [9.17, 15) is 8.42 Å². The van der Waals surface area contributed by atoms with Gasteiger partial charge in [0.1, 0.15) is 0 Å². The van der Waals surface area contributed by atoms with Crippen molar-refractivity contribution in [3.8, 4) is 0 Å². The molecule has 1 aromatic rings. The Morgan fingerprint density at radius 2 is 2.21 bits per heavy atom. The Bertz CT molecular complexity index is 562. The second-order valence-electron chi connectivity index (χ2n) is 4.72. The molecule has 1 atom stereocenters. The highest BCUT2D eigenvalue weighted by Gasteiger charge is 2.35. The fourth-order valence-corrected chi connectivity index (χ4v) is 5.52. The number of alkyl halides is 1. The Kier molecular flexibility index (Phi) is 4.93. The molecule has 1 unspecified atom stereocenters. The number of hydrogen-bond acceptors (Lipinski definition) is 2. The molecule has 0 radical (unpaired) electrons. The van der Waals surface area contributed by atoms with E-state index in [4.69, 9.17) is 11.6 Å². The van der Waals surface area contributed by atoms with Gasteiger partial charge in [0.05, 0.1) is 4.90 Å². The summed E-state index contributed by atoms with van der Waals surface area (Å²) in [5.74, 6) is 0.375. The third-order valence-corrected chi connectivity index (χ3v) is 6.77. The molecule has 6 heteroatoms. The molecule has 0 amide bonds. The van der Waals surface area contributed by atoms with Gasteiger partial charge in [0.15, 0.2) is 0 Å². The van der Waals surface area contributed by atoms with Crippen LogP contribution in [-0.2, 0) is 15.9 Å². The minimum Gasteiger partial charge on any atom is -0.207 e. The summed E-state index contributed by atoms with van der Waals surface area (Å²) in [6, 6.07) is 5.31. The van der Waals surface area contributed by atoms with Gasteiger partial charge in [-0.1, -0.05) is 13.0 Å². The molecule has 1 heterocycles. The number of nitrogens with zero attached hydrogens (tertiary/aromatic N) is 1. The number of benzene rings is 1. The van der Waals surface area contributed by atoms with Gasteiger partial charge < -0.3 is 0 Å². The Hall–Kier alpha value is -0.100. The van der Waals surface area contributed by atoms with E-state index in [1.807, 2.05) is 6.92 Å². The highest BCUT2D eigenvalue weighted by atomic mass is 79.9. The summed E-state index contributed by atoms with van der Waals surface area (Å²) in [7, 11) is -3.41. The van der Waals surface area contributed by atoms with E-state index in [1.165, 1.54) is 0 Å². The van der Waals surface area contributed by atoms with Crippen LogP contribution in [0.25, 0.3) is 0 Å². The Morgan fingerprint density at radius 3 is 2.79 bits per heavy atom. The number of rotatable bonds is 4. The Labute approximate surface area is 128 Å². The molecule has 19 heavy (non-hydrogen) atoms. The van der Waals surface area contributed by atoms with Gasteiger partial charge in [-0.2, -0.15) is 4.31 Å². The topological polar surface area (TPSA) is 37.4 Å². The molecule has 1 aromatic carbocycles. The maximum atomic E-state index is 12.7. The zero-order valence-electron chi connectivity index (χ0n) is 10.8. The molecule has 0 spiro atoms. The number of sulfonamides is 1. The lowest BCUT2D eigenvalue weighted by Crippen LogP contribution is -2.35. The van der Waals surface area contributed by atoms with E-state index >= 15 is 0 Å². The zero-order chi connectivity index (χ0) is 14.0. The molecule has 0 aliphatic carbocycles. The summed E-state index contributed by atoms with van der Waals surface area (Å²) in [5, 5.41) is 0. The summed E-state index contributed by atoms with van der Waals surface area (Å²) in [6.45, 7) is 2.65. The van der Waals surface area contributed by atoms with Crippen molar-refractivity contribution in [1.29, 1.82) is 0 Å². The molecule has 0 N–H and O–H groups in total. The molecule has 1 fully saturated rings. The SMILES string of the molecule is CCC1CCCN1S(=O)(=O)c1ccc(CCl)cc1Br. The number of halogens is 2. The monoisotopic (exact) mass is 365 g/mol. The first-order valence-corrected chi connectivity index (χ1v) is 9.13. The van der Waals surface area contributed by atoms with E-state index in [1.54, 1.807) is 22.5 Å². The van der Waals surface area contributed by atoms with Crippen LogP contribution in [0, 0.1) is 0 Å². The quantitative estimate of drug-likeness (QED) is 0.761. The van der Waals surface area contributed by atoms with Crippen molar-refractivity contribution in [2.24, 2.45) is 0 Å². The molecule has 1 aliphatic heterocycles. The first-order chi connectivity index (χ1) is 9.00. The first-order valence-electron chi connectivity index (χ1n) is 6.37. The molecule has 0 aromatic heterocycles. The van der Waals surface area contributed by atoms with Crippen LogP contribution in [0.4, 0.5) is 0 Å². The minimum absolute atomic E-state index is 0.129. The highest BCUT2D eigenvalue weighted by molar-refractivity contribution is 9.10. The molecule has 3 nitrogen and oxygen atoms in total. The van der Waals surface area contributed by atoms with Gasteiger partial charge in [-0.15, -0.1) is 11.6 Å². The van der Waals surface area contributed by atoms with Crippen LogP contribution in [0.15, 0.2) is 27.6 Å². The molecular weight excluding hydrogens is 350 g/mol. The van der Waals surface area contributed by atoms with Gasteiger partial charge in [-0.3, -0.25) is 0 Å². The van der Waals surface area contributed by atoms with E-state index in [-0.39, 0.29) is 6.04 Å². The lowest BCUT2D eigenvalue weighted by Gasteiger charge is -2.23. The van der Waals surface area contributed by atoms with Crippen LogP contribution in [0.2, 0.25) is 0 Å². The molecule has 106 valence electrons. The van der Waals surface area contributed by atoms with Gasteiger partial charge in [0.2, 0.25) is 10.0 Å². The summed E-state index contributed by atoms with van der Waals surface area (Å²) in [5.41, 5.74) is 0.904. The van der Waals surface area contributed by atoms with Gasteiger partial charge in [-0.05, 0) is 52.9 Å². The van der Waals surface area contributed by atoms with Crippen molar-refractivity contribution in [3.05, 3.63) is 28.2 Å². The molecule has 0 bridgehead atoms. The van der Waals surface area contributed by atoms with Crippen molar-refractivity contribution in [1.82, 2.24) is 4.31 Å². The third kappa shape index (κ3) is 2.99. The molecule has 1 saturated heterocycles. The Morgan fingerprint density at radius 1 is 1.47 bits per heavy atom. The van der Waals surface area contributed by atoms with E-state index < -0.39 is 10.0 Å². The van der Waals surface area contributed by atoms with Crippen LogP contribution in [0.1, 0.15) is 31.7 Å². The average molecular weight is 367 g/mol. The molecule has 0 saturated carbocycles. The van der Waals surface area contributed by atoms with Gasteiger partial charge in [0, 0.05) is 22.9 Å². The van der Waals surface area contributed by atoms with Crippen molar-refractivity contribution in [2.45, 2.75) is 43.0 Å². The average Bonchev–Trinajstić information content (AvgIpc) is 2.87. The minimum atomic E-state index is -3.41. The normalized spacial score (nSPS) is 20.9. The second kappa shape index (κ2) is 6.12. The third-order valence-electron chi connectivity index (χ3n) is 3.53. The van der Waals surface area contributed by atoms with E-state index in [0.717, 1.165) is 24.8 Å². The van der Waals surface area contributed by atoms with Crippen LogP contribution in [0.5, 0.6) is 0 Å². The second-order valence-corrected chi connectivity index (χ2v) is 7.70. The van der Waals surface area contributed by atoms with Crippen LogP contribution in [0.3, 0.4) is 0 Å². The molecular formula is C13H17BrClNO2S. The summed E-state index contributed by atoms with van der Waals surface area (Å²) in [4.78, 5) is 0.335. The molecule has 2 rings (SSSR count). The predicted octanol–water partition coefficient (Wildman–Crippen LogP) is 3.75. The Balaban J connectivity index is 2.39. The summed E-state index contributed by atoms with van der Waals surface area (Å²) >= 11 is 9.11. The van der Waals surface area contributed by atoms with Crippen LogP contribution < -0.4 is 0 Å². The van der Waals surface area contributed by atoms with Crippen molar-refractivity contribution < 1.29 is 8.42 Å². The van der Waals surface area contributed by atoms with Crippen molar-refractivity contribution >= 4 is 37.6 Å². The standard InChI is InChI=1S/C13H17BrClNO2S/c1-2-11-4-3-7-16(11)19(17,18)13-6-5-10(9-15)8-12(13)14/h5-6,8,11H,2-4,7,9H2,1H3. The van der Waals surface area contributed by atoms with Gasteiger partial charge in [-0.25, -0.2) is 8.42 Å². The highest BCUT2D eigenvalue weighted by Crippen LogP contribution is 2.32. The smallest absolute Gasteiger partial charge is 0.207 e. The molecule has 1 aliphatic rings. The maximum Gasteiger partial charge on any atom is 0.244 e. The van der Waals surface area contributed by atoms with Crippen LogP contribution in [-0.4, -0.2) is 25.3 Å². The lowest BCUT2D eigenvalue weighted by molar-refractivity contribution is 0.379. The fraction of sp³-hybridized carbons (Fsp3) is 0.538. The van der Waals surface area contributed by atoms with Crippen LogP contribution >= 0.6 is 27.5 Å². The maximum absolute atomic E-state index is 12.7. The van der Waals surface area contributed by atoms with E-state index in [0.29, 0.717) is 21.8 Å². The largest absolute Gasteiger partial charge is 0.244 e. The summed E-state index contributed by atoms with van der Waals surface area (Å²) < 4.78 is 27.6. The first kappa shape index (κ1) is 15.3.